The third kappa shape index (κ3) is 6.07. The summed E-state index contributed by atoms with van der Waals surface area (Å²) in [5, 5.41) is 10.0. The van der Waals surface area contributed by atoms with Crippen LogP contribution in [0.1, 0.15) is 24.2 Å². The molecule has 2 N–H and O–H groups in total. The summed E-state index contributed by atoms with van der Waals surface area (Å²) in [6.45, 7) is 1.64. The second-order valence-electron chi connectivity index (χ2n) is 6.92. The summed E-state index contributed by atoms with van der Waals surface area (Å²) in [6.07, 6.45) is 0.530. The fourth-order valence-corrected chi connectivity index (χ4v) is 2.86. The number of hydrogen-bond acceptors (Lipinski definition) is 7. The number of carbonyl (C=O) groups excluding carboxylic acids is 1. The summed E-state index contributed by atoms with van der Waals surface area (Å²) >= 11 is 0. The molecule has 3 aromatic heterocycles. The molecule has 0 saturated carbocycles. The first kappa shape index (κ1) is 25.1. The van der Waals surface area contributed by atoms with Crippen LogP contribution in [-0.4, -0.2) is 66.9 Å². The van der Waals surface area contributed by atoms with Crippen molar-refractivity contribution in [3.05, 3.63) is 48.2 Å². The number of aromatic nitrogens is 5. The maximum absolute atomic E-state index is 13.6. The number of amides is 2. The number of carbonyl (C=O) groups is 1. The number of nitrogens with zero attached hydrogens (tertiary/aromatic N) is 5. The summed E-state index contributed by atoms with van der Waals surface area (Å²) in [6, 6.07) is -0.198. The molecule has 0 aliphatic heterocycles. The summed E-state index contributed by atoms with van der Waals surface area (Å²) in [5.41, 5.74) is -1.01. The number of pyridine rings is 2. The minimum absolute atomic E-state index is 0.0248. The lowest BCUT2D eigenvalue weighted by Gasteiger charge is -2.27. The quantitative estimate of drug-likeness (QED) is 0.511. The first-order valence-electron chi connectivity index (χ1n) is 9.47. The number of methoxy groups -OCH3 is 1. The molecule has 3 heterocycles. The molecule has 2 amide bonds. The normalized spacial score (nSPS) is 12.7. The average molecular weight is 467 g/mol. The van der Waals surface area contributed by atoms with Gasteiger partial charge in [-0.3, -0.25) is 4.98 Å². The number of ether oxygens (including phenoxy) is 2. The zero-order chi connectivity index (χ0) is 25.1. The number of rotatable bonds is 7. The summed E-state index contributed by atoms with van der Waals surface area (Å²) < 4.78 is 51.2. The van der Waals surface area contributed by atoms with Crippen LogP contribution >= 0.6 is 0 Å². The van der Waals surface area contributed by atoms with Crippen LogP contribution in [-0.2, 0) is 10.9 Å². The Morgan fingerprint density at radius 1 is 1.12 bits per heavy atom. The lowest BCUT2D eigenvalue weighted by molar-refractivity contribution is -0.137. The molecule has 0 bridgehead atoms. The van der Waals surface area contributed by atoms with Crippen LogP contribution in [0.25, 0.3) is 5.82 Å². The summed E-state index contributed by atoms with van der Waals surface area (Å²) in [7, 11) is 17.9. The zero-order valence-electron chi connectivity index (χ0n) is 17.9. The molecule has 16 heteroatoms. The van der Waals surface area contributed by atoms with Gasteiger partial charge < -0.3 is 20.1 Å². The van der Waals surface area contributed by atoms with Crippen LogP contribution in [0.15, 0.2) is 37.1 Å². The van der Waals surface area contributed by atoms with Crippen molar-refractivity contribution in [1.82, 2.24) is 25.0 Å². The average Bonchev–Trinajstić information content (AvgIpc) is 3.26. The Balaban J connectivity index is 1.88. The lowest BCUT2D eigenvalue weighted by atomic mass is 9.52. The predicted molar refractivity (Wildman–Crippen MR) is 117 cm³/mol. The van der Waals surface area contributed by atoms with E-state index in [4.69, 9.17) is 33.0 Å². The Morgan fingerprint density at radius 3 is 2.38 bits per heavy atom. The van der Waals surface area contributed by atoms with Crippen LogP contribution in [0.3, 0.4) is 0 Å². The first-order chi connectivity index (χ1) is 15.9. The van der Waals surface area contributed by atoms with Crippen molar-refractivity contribution in [2.75, 3.05) is 17.7 Å². The number of hydrogen-bond donors (Lipinski definition) is 2. The van der Waals surface area contributed by atoms with E-state index < -0.39 is 35.0 Å². The standard InChI is InChI=1S/C18H15B3F3N7O3/c1-9(33-2)14-12(7-25-8-13(14)34-18(19,20)21)30-16(32)29-10-5-11(17(22,23)24)15(26-6-10)31-27-3-4-28-31/h3-9H,1-2H3,(H2,29,30,32)/t9-/m1/s1. The fraction of sp³-hybridized carbons (Fsp3) is 0.278. The minimum atomic E-state index is -4.79. The molecule has 34 heavy (non-hydrogen) atoms. The highest BCUT2D eigenvalue weighted by Crippen LogP contribution is 2.35. The first-order valence-corrected chi connectivity index (χ1v) is 9.47. The highest BCUT2D eigenvalue weighted by atomic mass is 19.4. The van der Waals surface area contributed by atoms with Gasteiger partial charge in [0.2, 0.25) is 0 Å². The zero-order valence-corrected chi connectivity index (χ0v) is 17.9. The van der Waals surface area contributed by atoms with E-state index in [1.807, 2.05) is 0 Å². The molecule has 3 aromatic rings. The van der Waals surface area contributed by atoms with Crippen molar-refractivity contribution >= 4 is 40.9 Å². The van der Waals surface area contributed by atoms with E-state index in [0.29, 0.717) is 10.9 Å². The van der Waals surface area contributed by atoms with E-state index in [2.05, 4.69) is 30.8 Å². The Morgan fingerprint density at radius 2 is 1.79 bits per heavy atom. The molecule has 0 aliphatic carbocycles. The van der Waals surface area contributed by atoms with Gasteiger partial charge >= 0.3 is 12.2 Å². The number of urea groups is 1. The maximum atomic E-state index is 13.6. The molecular formula is C18H15B3F3N7O3. The van der Waals surface area contributed by atoms with E-state index in [-0.39, 0.29) is 22.7 Å². The van der Waals surface area contributed by atoms with E-state index in [1.165, 1.54) is 31.9 Å². The SMILES string of the molecule is [B]C([B])([B])Oc1cncc(NC(=O)Nc2cnc(-n3nccn3)c(C(F)(F)F)c2)c1[C@@H](C)OC. The van der Waals surface area contributed by atoms with Gasteiger partial charge in [-0.2, -0.15) is 23.4 Å². The van der Waals surface area contributed by atoms with Crippen molar-refractivity contribution < 1.29 is 27.4 Å². The highest BCUT2D eigenvalue weighted by Gasteiger charge is 2.36. The van der Waals surface area contributed by atoms with Gasteiger partial charge in [0.1, 0.15) is 34.9 Å². The van der Waals surface area contributed by atoms with Gasteiger partial charge in [0, 0.05) is 12.7 Å². The van der Waals surface area contributed by atoms with E-state index >= 15 is 0 Å². The van der Waals surface area contributed by atoms with Crippen molar-refractivity contribution in [3.8, 4) is 11.6 Å². The predicted octanol–water partition coefficient (Wildman–Crippen LogP) is 1.92. The van der Waals surface area contributed by atoms with Crippen molar-refractivity contribution in [3.63, 3.8) is 0 Å². The molecule has 10 nitrogen and oxygen atoms in total. The van der Waals surface area contributed by atoms with Gasteiger partial charge in [-0.05, 0) is 18.3 Å². The Hall–Kier alpha value is -3.55. The number of halogens is 3. The van der Waals surface area contributed by atoms with Crippen molar-refractivity contribution in [2.45, 2.75) is 24.5 Å². The molecule has 6 radical (unpaired) electrons. The van der Waals surface area contributed by atoms with Crippen molar-refractivity contribution in [2.24, 2.45) is 0 Å². The molecule has 0 fully saturated rings. The van der Waals surface area contributed by atoms with Crippen molar-refractivity contribution in [1.29, 1.82) is 0 Å². The topological polar surface area (TPSA) is 116 Å². The molecule has 0 saturated heterocycles. The second-order valence-corrected chi connectivity index (χ2v) is 6.92. The van der Waals surface area contributed by atoms with Crippen LogP contribution in [0.2, 0.25) is 0 Å². The van der Waals surface area contributed by atoms with E-state index in [0.717, 1.165) is 6.20 Å². The molecule has 0 spiro atoms. The van der Waals surface area contributed by atoms with Gasteiger partial charge in [-0.15, -0.1) is 4.80 Å². The third-order valence-corrected chi connectivity index (χ3v) is 4.28. The molecule has 1 atom stereocenters. The number of nitrogens with one attached hydrogen (secondary N) is 2. The monoisotopic (exact) mass is 467 g/mol. The van der Waals surface area contributed by atoms with Gasteiger partial charge in [0.15, 0.2) is 5.82 Å². The number of alkyl halides is 3. The van der Waals surface area contributed by atoms with Crippen LogP contribution in [0.4, 0.5) is 29.3 Å². The lowest BCUT2D eigenvalue weighted by Crippen LogP contribution is -2.38. The molecule has 3 rings (SSSR count). The Labute approximate surface area is 195 Å². The van der Waals surface area contributed by atoms with Crippen LogP contribution in [0.5, 0.6) is 5.75 Å². The minimum Gasteiger partial charge on any atom is -0.514 e. The molecule has 0 unspecified atom stereocenters. The molecule has 0 aliphatic rings. The second kappa shape index (κ2) is 9.75. The summed E-state index contributed by atoms with van der Waals surface area (Å²) in [4.78, 5) is 21.0. The summed E-state index contributed by atoms with van der Waals surface area (Å²) in [5.74, 6) is -0.528. The fourth-order valence-electron chi connectivity index (χ4n) is 2.86. The molecule has 170 valence electrons. The number of anilines is 2. The van der Waals surface area contributed by atoms with Gasteiger partial charge in [0.25, 0.3) is 0 Å². The highest BCUT2D eigenvalue weighted by molar-refractivity contribution is 6.58. The van der Waals surface area contributed by atoms with E-state index in [9.17, 15) is 18.0 Å². The third-order valence-electron chi connectivity index (χ3n) is 4.28. The Kier molecular flexibility index (Phi) is 7.19. The molecular weight excluding hydrogens is 452 g/mol. The van der Waals surface area contributed by atoms with Gasteiger partial charge in [-0.25, -0.2) is 9.78 Å². The maximum Gasteiger partial charge on any atom is 0.420 e. The largest absolute Gasteiger partial charge is 0.514 e. The smallest absolute Gasteiger partial charge is 0.420 e. The molecule has 0 aromatic carbocycles. The Bertz CT molecular complexity index is 1160. The van der Waals surface area contributed by atoms with E-state index in [1.54, 1.807) is 6.92 Å². The van der Waals surface area contributed by atoms with Crippen LogP contribution in [0, 0.1) is 0 Å². The van der Waals surface area contributed by atoms with Crippen LogP contribution < -0.4 is 15.4 Å². The van der Waals surface area contributed by atoms with Gasteiger partial charge in [0.05, 0.1) is 48.5 Å². The van der Waals surface area contributed by atoms with Gasteiger partial charge in [-0.1, -0.05) is 0 Å².